The molecule has 0 unspecified atom stereocenters. The Kier molecular flexibility index (Phi) is 3.63. The summed E-state index contributed by atoms with van der Waals surface area (Å²) >= 11 is 0. The first-order valence-corrected chi connectivity index (χ1v) is 4.74. The second kappa shape index (κ2) is 4.74. The number of hydrogen-bond acceptors (Lipinski definition) is 2. The van der Waals surface area contributed by atoms with Gasteiger partial charge in [0.1, 0.15) is 0 Å². The van der Waals surface area contributed by atoms with Gasteiger partial charge in [-0.2, -0.15) is 0 Å². The SMILES string of the molecule is CC(C)C[C@H](C(=O)O)c1ccncc1. The van der Waals surface area contributed by atoms with Crippen molar-refractivity contribution in [3.63, 3.8) is 0 Å². The largest absolute Gasteiger partial charge is 0.481 e. The van der Waals surface area contributed by atoms with E-state index in [-0.39, 0.29) is 0 Å². The first-order chi connectivity index (χ1) is 6.61. The summed E-state index contributed by atoms with van der Waals surface area (Å²) in [5, 5.41) is 9.06. The van der Waals surface area contributed by atoms with Gasteiger partial charge in [0.15, 0.2) is 0 Å². The van der Waals surface area contributed by atoms with Crippen molar-refractivity contribution >= 4 is 5.97 Å². The van der Waals surface area contributed by atoms with E-state index < -0.39 is 11.9 Å². The minimum absolute atomic E-state index is 0.379. The molecule has 1 aromatic rings. The molecule has 1 rings (SSSR count). The van der Waals surface area contributed by atoms with Gasteiger partial charge in [0, 0.05) is 12.4 Å². The van der Waals surface area contributed by atoms with Gasteiger partial charge in [0.05, 0.1) is 5.92 Å². The molecule has 0 bridgehead atoms. The van der Waals surface area contributed by atoms with Crippen molar-refractivity contribution in [2.24, 2.45) is 5.92 Å². The molecule has 3 nitrogen and oxygen atoms in total. The van der Waals surface area contributed by atoms with Gasteiger partial charge < -0.3 is 5.11 Å². The molecule has 0 radical (unpaired) electrons. The normalized spacial score (nSPS) is 12.8. The number of aromatic nitrogens is 1. The number of aliphatic carboxylic acids is 1. The molecule has 0 saturated heterocycles. The minimum Gasteiger partial charge on any atom is -0.481 e. The van der Waals surface area contributed by atoms with Crippen LogP contribution >= 0.6 is 0 Å². The van der Waals surface area contributed by atoms with E-state index in [9.17, 15) is 4.79 Å². The molecule has 0 spiro atoms. The summed E-state index contributed by atoms with van der Waals surface area (Å²) in [6.45, 7) is 4.05. The van der Waals surface area contributed by atoms with E-state index in [0.717, 1.165) is 5.56 Å². The summed E-state index contributed by atoms with van der Waals surface area (Å²) in [7, 11) is 0. The Morgan fingerprint density at radius 3 is 2.43 bits per heavy atom. The van der Waals surface area contributed by atoms with Gasteiger partial charge in [-0.1, -0.05) is 13.8 Å². The molecule has 0 aromatic carbocycles. The number of carboxylic acid groups (broad SMARTS) is 1. The summed E-state index contributed by atoms with van der Waals surface area (Å²) in [5.41, 5.74) is 0.834. The third-order valence-corrected chi connectivity index (χ3v) is 2.11. The Morgan fingerprint density at radius 2 is 2.00 bits per heavy atom. The number of carbonyl (C=O) groups is 1. The highest BCUT2D eigenvalue weighted by Gasteiger charge is 2.20. The Hall–Kier alpha value is -1.38. The number of carboxylic acids is 1. The molecule has 1 N–H and O–H groups in total. The molecule has 1 heterocycles. The zero-order valence-electron chi connectivity index (χ0n) is 8.47. The molecular formula is C11H15NO2. The second-order valence-electron chi connectivity index (χ2n) is 3.80. The monoisotopic (exact) mass is 193 g/mol. The zero-order valence-corrected chi connectivity index (χ0v) is 8.47. The number of nitrogens with zero attached hydrogens (tertiary/aromatic N) is 1. The lowest BCUT2D eigenvalue weighted by Crippen LogP contribution is -2.13. The summed E-state index contributed by atoms with van der Waals surface area (Å²) in [6.07, 6.45) is 3.93. The fourth-order valence-corrected chi connectivity index (χ4v) is 1.45. The zero-order chi connectivity index (χ0) is 10.6. The maximum absolute atomic E-state index is 11.0. The Labute approximate surface area is 83.8 Å². The molecule has 1 atom stereocenters. The van der Waals surface area contributed by atoms with E-state index in [2.05, 4.69) is 4.98 Å². The van der Waals surface area contributed by atoms with Gasteiger partial charge >= 0.3 is 5.97 Å². The van der Waals surface area contributed by atoms with Crippen LogP contribution in [0.3, 0.4) is 0 Å². The van der Waals surface area contributed by atoms with Crippen molar-refractivity contribution in [1.82, 2.24) is 4.98 Å². The van der Waals surface area contributed by atoms with Crippen LogP contribution in [0.5, 0.6) is 0 Å². The highest BCUT2D eigenvalue weighted by Crippen LogP contribution is 2.23. The maximum atomic E-state index is 11.0. The highest BCUT2D eigenvalue weighted by atomic mass is 16.4. The van der Waals surface area contributed by atoms with Crippen molar-refractivity contribution in [1.29, 1.82) is 0 Å². The molecule has 0 saturated carbocycles. The van der Waals surface area contributed by atoms with Crippen molar-refractivity contribution < 1.29 is 9.90 Å². The highest BCUT2D eigenvalue weighted by molar-refractivity contribution is 5.75. The summed E-state index contributed by atoms with van der Waals surface area (Å²) in [4.78, 5) is 14.9. The van der Waals surface area contributed by atoms with E-state index in [0.29, 0.717) is 12.3 Å². The van der Waals surface area contributed by atoms with Crippen LogP contribution in [0.2, 0.25) is 0 Å². The van der Waals surface area contributed by atoms with Gasteiger partial charge in [0.25, 0.3) is 0 Å². The predicted octanol–water partition coefficient (Wildman–Crippen LogP) is 2.30. The number of rotatable bonds is 4. The number of hydrogen-bond donors (Lipinski definition) is 1. The van der Waals surface area contributed by atoms with Crippen LogP contribution in [0.4, 0.5) is 0 Å². The fraction of sp³-hybridized carbons (Fsp3) is 0.455. The first-order valence-electron chi connectivity index (χ1n) is 4.74. The first kappa shape index (κ1) is 10.7. The average Bonchev–Trinajstić information content (AvgIpc) is 2.15. The van der Waals surface area contributed by atoms with Gasteiger partial charge in [-0.15, -0.1) is 0 Å². The van der Waals surface area contributed by atoms with Gasteiger partial charge in [-0.3, -0.25) is 9.78 Å². The molecule has 0 aliphatic carbocycles. The van der Waals surface area contributed by atoms with Gasteiger partial charge in [-0.05, 0) is 30.0 Å². The molecule has 76 valence electrons. The lowest BCUT2D eigenvalue weighted by atomic mass is 9.91. The van der Waals surface area contributed by atoms with Crippen LogP contribution in [-0.2, 0) is 4.79 Å². The molecule has 1 aromatic heterocycles. The smallest absolute Gasteiger partial charge is 0.310 e. The van der Waals surface area contributed by atoms with E-state index in [1.807, 2.05) is 13.8 Å². The Balaban J connectivity index is 2.84. The van der Waals surface area contributed by atoms with E-state index in [1.54, 1.807) is 24.5 Å². The van der Waals surface area contributed by atoms with Crippen molar-refractivity contribution in [2.75, 3.05) is 0 Å². The third kappa shape index (κ3) is 2.83. The van der Waals surface area contributed by atoms with Crippen LogP contribution in [0, 0.1) is 5.92 Å². The van der Waals surface area contributed by atoms with Crippen LogP contribution in [0.25, 0.3) is 0 Å². The van der Waals surface area contributed by atoms with E-state index >= 15 is 0 Å². The minimum atomic E-state index is -0.759. The standard InChI is InChI=1S/C11H15NO2/c1-8(2)7-10(11(13)14)9-3-5-12-6-4-9/h3-6,8,10H,7H2,1-2H3,(H,13,14)/t10-/m0/s1. The molecule has 3 heteroatoms. The van der Waals surface area contributed by atoms with Crippen molar-refractivity contribution in [3.8, 4) is 0 Å². The Bertz CT molecular complexity index is 295. The van der Waals surface area contributed by atoms with Crippen molar-refractivity contribution in [3.05, 3.63) is 30.1 Å². The van der Waals surface area contributed by atoms with E-state index in [4.69, 9.17) is 5.11 Å². The summed E-state index contributed by atoms with van der Waals surface area (Å²) in [5.74, 6) is -0.785. The second-order valence-corrected chi connectivity index (χ2v) is 3.80. The van der Waals surface area contributed by atoms with Crippen LogP contribution in [0.15, 0.2) is 24.5 Å². The van der Waals surface area contributed by atoms with E-state index in [1.165, 1.54) is 0 Å². The van der Waals surface area contributed by atoms with Gasteiger partial charge in [-0.25, -0.2) is 0 Å². The molecular weight excluding hydrogens is 178 g/mol. The summed E-state index contributed by atoms with van der Waals surface area (Å²) < 4.78 is 0. The predicted molar refractivity (Wildman–Crippen MR) is 54.1 cm³/mol. The fourth-order valence-electron chi connectivity index (χ4n) is 1.45. The molecule has 0 fully saturated rings. The van der Waals surface area contributed by atoms with Crippen LogP contribution in [-0.4, -0.2) is 16.1 Å². The topological polar surface area (TPSA) is 50.2 Å². The average molecular weight is 193 g/mol. The van der Waals surface area contributed by atoms with Gasteiger partial charge in [0.2, 0.25) is 0 Å². The molecule has 0 amide bonds. The quantitative estimate of drug-likeness (QED) is 0.798. The molecule has 0 aliphatic rings. The maximum Gasteiger partial charge on any atom is 0.310 e. The number of pyridine rings is 1. The van der Waals surface area contributed by atoms with Crippen LogP contribution in [0.1, 0.15) is 31.7 Å². The third-order valence-electron chi connectivity index (χ3n) is 2.11. The Morgan fingerprint density at radius 1 is 1.43 bits per heavy atom. The summed E-state index contributed by atoms with van der Waals surface area (Å²) in [6, 6.07) is 3.53. The lowest BCUT2D eigenvalue weighted by molar-refractivity contribution is -0.139. The lowest BCUT2D eigenvalue weighted by Gasteiger charge is -2.14. The van der Waals surface area contributed by atoms with Crippen LogP contribution < -0.4 is 0 Å². The molecule has 0 aliphatic heterocycles. The molecule has 14 heavy (non-hydrogen) atoms. The van der Waals surface area contributed by atoms with Crippen molar-refractivity contribution in [2.45, 2.75) is 26.2 Å².